The minimum absolute atomic E-state index is 0.348. The first kappa shape index (κ1) is 10.6. The summed E-state index contributed by atoms with van der Waals surface area (Å²) in [7, 11) is 0. The molecular weight excluding hydrogens is 206 g/mol. The van der Waals surface area contributed by atoms with Crippen LogP contribution >= 0.6 is 0 Å². The van der Waals surface area contributed by atoms with Crippen LogP contribution in [0, 0.1) is 13.8 Å². The lowest BCUT2D eigenvalue weighted by atomic mass is 10.2. The van der Waals surface area contributed by atoms with E-state index < -0.39 is 0 Å². The van der Waals surface area contributed by atoms with Crippen molar-refractivity contribution in [3.8, 4) is 0 Å². The van der Waals surface area contributed by atoms with Gasteiger partial charge in [-0.2, -0.15) is 5.10 Å². The molecule has 0 atom stereocenters. The summed E-state index contributed by atoms with van der Waals surface area (Å²) >= 11 is 0. The van der Waals surface area contributed by atoms with Crippen LogP contribution in [-0.2, 0) is 4.74 Å². The maximum Gasteiger partial charge on any atom is 0.343 e. The second-order valence-electron chi connectivity index (χ2n) is 3.56. The number of ether oxygens (including phenoxy) is 1. The molecule has 0 fully saturated rings. The number of hydrogen-bond donors (Lipinski definition) is 0. The highest BCUT2D eigenvalue weighted by molar-refractivity contribution is 5.95. The summed E-state index contributed by atoms with van der Waals surface area (Å²) in [5.74, 6) is -0.381. The molecule has 84 valence electrons. The van der Waals surface area contributed by atoms with Gasteiger partial charge >= 0.3 is 5.97 Å². The third-order valence-corrected chi connectivity index (χ3v) is 2.42. The van der Waals surface area contributed by atoms with Crippen LogP contribution in [0.1, 0.15) is 28.5 Å². The highest BCUT2D eigenvalue weighted by Gasteiger charge is 2.15. The Labute approximate surface area is 93.1 Å². The predicted octanol–water partition coefficient (Wildman–Crippen LogP) is 1.52. The van der Waals surface area contributed by atoms with Gasteiger partial charge in [0.2, 0.25) is 0 Å². The molecule has 2 rings (SSSR count). The number of carbonyl (C=O) groups is 1. The average Bonchev–Trinajstić information content (AvgIpc) is 2.62. The summed E-state index contributed by atoms with van der Waals surface area (Å²) in [4.78, 5) is 15.9. The number of rotatable bonds is 2. The van der Waals surface area contributed by atoms with E-state index in [0.29, 0.717) is 17.8 Å². The molecule has 0 aliphatic heterocycles. The second kappa shape index (κ2) is 3.92. The first-order valence-corrected chi connectivity index (χ1v) is 5.12. The van der Waals surface area contributed by atoms with Gasteiger partial charge in [0.15, 0.2) is 5.65 Å². The third-order valence-electron chi connectivity index (χ3n) is 2.42. The van der Waals surface area contributed by atoms with Gasteiger partial charge in [0, 0.05) is 11.9 Å². The van der Waals surface area contributed by atoms with Gasteiger partial charge in [0.05, 0.1) is 12.8 Å². The van der Waals surface area contributed by atoms with E-state index in [-0.39, 0.29) is 5.97 Å². The normalized spacial score (nSPS) is 10.7. The van der Waals surface area contributed by atoms with Crippen molar-refractivity contribution in [1.29, 1.82) is 0 Å². The summed E-state index contributed by atoms with van der Waals surface area (Å²) in [5.41, 5.74) is 2.87. The Hall–Kier alpha value is -1.91. The molecule has 0 saturated carbocycles. The number of nitrogens with zero attached hydrogens (tertiary/aromatic N) is 3. The molecule has 0 aliphatic carbocycles. The number of fused-ring (bicyclic) bond motifs is 1. The number of aromatic nitrogens is 3. The molecule has 0 radical (unpaired) electrons. The number of hydrogen-bond acceptors (Lipinski definition) is 4. The zero-order valence-electron chi connectivity index (χ0n) is 9.52. The Morgan fingerprint density at radius 1 is 1.50 bits per heavy atom. The smallest absolute Gasteiger partial charge is 0.343 e. The van der Waals surface area contributed by atoms with Crippen molar-refractivity contribution in [1.82, 2.24) is 14.6 Å². The van der Waals surface area contributed by atoms with E-state index in [1.807, 2.05) is 20.0 Å². The van der Waals surface area contributed by atoms with Crippen molar-refractivity contribution >= 4 is 11.6 Å². The Kier molecular flexibility index (Phi) is 2.60. The molecule has 0 bridgehead atoms. The van der Waals surface area contributed by atoms with Crippen LogP contribution in [0.2, 0.25) is 0 Å². The van der Waals surface area contributed by atoms with Gasteiger partial charge in [-0.15, -0.1) is 0 Å². The lowest BCUT2D eigenvalue weighted by Crippen LogP contribution is -2.05. The third kappa shape index (κ3) is 1.64. The van der Waals surface area contributed by atoms with Gasteiger partial charge in [0.25, 0.3) is 0 Å². The number of carbonyl (C=O) groups excluding carboxylic acids is 1. The molecule has 16 heavy (non-hydrogen) atoms. The van der Waals surface area contributed by atoms with Crippen LogP contribution in [0.3, 0.4) is 0 Å². The summed E-state index contributed by atoms with van der Waals surface area (Å²) in [5, 5.41) is 4.08. The Bertz CT molecular complexity index is 545. The fourth-order valence-electron chi connectivity index (χ4n) is 1.44. The van der Waals surface area contributed by atoms with Gasteiger partial charge in [0.1, 0.15) is 5.56 Å². The van der Waals surface area contributed by atoms with Crippen LogP contribution in [0.25, 0.3) is 5.65 Å². The maximum atomic E-state index is 11.6. The van der Waals surface area contributed by atoms with Crippen molar-refractivity contribution in [2.45, 2.75) is 20.8 Å². The quantitative estimate of drug-likeness (QED) is 0.718. The summed E-state index contributed by atoms with van der Waals surface area (Å²) in [6.45, 7) is 5.97. The molecule has 0 spiro atoms. The summed E-state index contributed by atoms with van der Waals surface area (Å²) in [6.07, 6.45) is 3.33. The van der Waals surface area contributed by atoms with E-state index in [1.165, 1.54) is 6.20 Å². The van der Waals surface area contributed by atoms with E-state index in [0.717, 1.165) is 11.3 Å². The Morgan fingerprint density at radius 2 is 2.25 bits per heavy atom. The Morgan fingerprint density at radius 3 is 2.94 bits per heavy atom. The highest BCUT2D eigenvalue weighted by atomic mass is 16.5. The molecular formula is C11H13N3O2. The fourth-order valence-corrected chi connectivity index (χ4v) is 1.44. The minimum Gasteiger partial charge on any atom is -0.462 e. The molecule has 0 saturated heterocycles. The Balaban J connectivity index is 2.56. The fraction of sp³-hybridized carbons (Fsp3) is 0.364. The molecule has 0 amide bonds. The SMILES string of the molecule is CCOC(=O)c1cnn2cc(C)c(C)nc12. The average molecular weight is 219 g/mol. The molecule has 5 nitrogen and oxygen atoms in total. The zero-order valence-corrected chi connectivity index (χ0v) is 9.52. The number of esters is 1. The van der Waals surface area contributed by atoms with Crippen molar-refractivity contribution in [2.24, 2.45) is 0 Å². The van der Waals surface area contributed by atoms with Crippen molar-refractivity contribution < 1.29 is 9.53 Å². The van der Waals surface area contributed by atoms with Crippen molar-refractivity contribution in [3.63, 3.8) is 0 Å². The number of aryl methyl sites for hydroxylation is 2. The van der Waals surface area contributed by atoms with Crippen molar-refractivity contribution in [3.05, 3.63) is 29.2 Å². The van der Waals surface area contributed by atoms with Gasteiger partial charge in [-0.25, -0.2) is 14.3 Å². The first-order chi connectivity index (χ1) is 7.63. The molecule has 2 aromatic heterocycles. The molecule has 2 heterocycles. The molecule has 0 unspecified atom stereocenters. The second-order valence-corrected chi connectivity index (χ2v) is 3.56. The van der Waals surface area contributed by atoms with Crippen LogP contribution in [-0.4, -0.2) is 27.2 Å². The summed E-state index contributed by atoms with van der Waals surface area (Å²) < 4.78 is 6.52. The first-order valence-electron chi connectivity index (χ1n) is 5.12. The molecule has 5 heteroatoms. The van der Waals surface area contributed by atoms with Gasteiger partial charge < -0.3 is 4.74 Å². The van der Waals surface area contributed by atoms with Crippen LogP contribution in [0.15, 0.2) is 12.4 Å². The predicted molar refractivity (Wildman–Crippen MR) is 58.4 cm³/mol. The van der Waals surface area contributed by atoms with E-state index in [2.05, 4.69) is 10.1 Å². The van der Waals surface area contributed by atoms with Gasteiger partial charge in [-0.1, -0.05) is 0 Å². The van der Waals surface area contributed by atoms with E-state index in [9.17, 15) is 4.79 Å². The molecule has 0 N–H and O–H groups in total. The zero-order chi connectivity index (χ0) is 11.7. The highest BCUT2D eigenvalue weighted by Crippen LogP contribution is 2.12. The lowest BCUT2D eigenvalue weighted by molar-refractivity contribution is 0.0528. The van der Waals surface area contributed by atoms with E-state index >= 15 is 0 Å². The molecule has 0 aromatic carbocycles. The van der Waals surface area contributed by atoms with Gasteiger partial charge in [-0.3, -0.25) is 0 Å². The topological polar surface area (TPSA) is 56.5 Å². The van der Waals surface area contributed by atoms with Crippen LogP contribution in [0.4, 0.5) is 0 Å². The van der Waals surface area contributed by atoms with Gasteiger partial charge in [-0.05, 0) is 26.3 Å². The monoisotopic (exact) mass is 219 g/mol. The minimum atomic E-state index is -0.381. The van der Waals surface area contributed by atoms with Crippen LogP contribution < -0.4 is 0 Å². The summed E-state index contributed by atoms with van der Waals surface area (Å²) in [6, 6.07) is 0. The van der Waals surface area contributed by atoms with Crippen molar-refractivity contribution in [2.75, 3.05) is 6.61 Å². The molecule has 0 aliphatic rings. The van der Waals surface area contributed by atoms with E-state index in [1.54, 1.807) is 11.4 Å². The lowest BCUT2D eigenvalue weighted by Gasteiger charge is -2.02. The maximum absolute atomic E-state index is 11.6. The molecule has 2 aromatic rings. The van der Waals surface area contributed by atoms with Crippen LogP contribution in [0.5, 0.6) is 0 Å². The van der Waals surface area contributed by atoms with E-state index in [4.69, 9.17) is 4.74 Å². The largest absolute Gasteiger partial charge is 0.462 e. The standard InChI is InChI=1S/C11H13N3O2/c1-4-16-11(15)9-5-12-14-6-7(2)8(3)13-10(9)14/h5-6H,4H2,1-3H3.